The second-order valence-electron chi connectivity index (χ2n) is 4.56. The van der Waals surface area contributed by atoms with E-state index in [9.17, 15) is 14.7 Å². The zero-order valence-corrected chi connectivity index (χ0v) is 15.6. The second kappa shape index (κ2) is 15.7. The van der Waals surface area contributed by atoms with Crippen LogP contribution in [0, 0.1) is 0 Å². The number of esters is 1. The molecular weight excluding hydrogens is 354 g/mol. The number of aliphatic hydroxyl groups excluding tert-OH is 1. The highest BCUT2D eigenvalue weighted by Gasteiger charge is 2.14. The minimum atomic E-state index is -0.997. The highest BCUT2D eigenvalue weighted by atomic mass is 35.5. The van der Waals surface area contributed by atoms with Crippen LogP contribution in [-0.2, 0) is 19.1 Å². The van der Waals surface area contributed by atoms with Gasteiger partial charge in [-0.3, -0.25) is 20.5 Å². The zero-order valence-electron chi connectivity index (χ0n) is 12.9. The van der Waals surface area contributed by atoms with Gasteiger partial charge in [-0.1, -0.05) is 0 Å². The molecule has 0 fully saturated rings. The summed E-state index contributed by atoms with van der Waals surface area (Å²) in [7, 11) is -0.471. The molecular formula is C12H28ClNO6S2. The first-order valence-corrected chi connectivity index (χ1v) is 8.55. The largest absolute Gasteiger partial charge is 0.480 e. The third kappa shape index (κ3) is 16.2. The predicted octanol–water partition coefficient (Wildman–Crippen LogP) is -0.105. The number of thiol groups is 1. The van der Waals surface area contributed by atoms with Gasteiger partial charge in [-0.2, -0.15) is 13.5 Å². The van der Waals surface area contributed by atoms with Crippen molar-refractivity contribution in [3.05, 3.63) is 0 Å². The first-order valence-electron chi connectivity index (χ1n) is 6.39. The standard InChI is InChI=1S/C12H25NO6S.ClH.H2S/c1-9(14)19-5-4-18-7-10(15)8-20(2)6-3-11(13)12(16)17;;/h10-11,15,20H,3-8,13H2,1-2H3,(H,16,17);1H;1H2/t10?,11-;;/m0../s1. The molecule has 136 valence electrons. The van der Waals surface area contributed by atoms with Crippen LogP contribution < -0.4 is 5.73 Å². The molecule has 0 aliphatic heterocycles. The Balaban J connectivity index is -0.00000180. The van der Waals surface area contributed by atoms with Gasteiger partial charge >= 0.3 is 11.9 Å². The van der Waals surface area contributed by atoms with E-state index in [1.807, 2.05) is 6.26 Å². The van der Waals surface area contributed by atoms with E-state index in [4.69, 9.17) is 15.6 Å². The van der Waals surface area contributed by atoms with Gasteiger partial charge in [0, 0.05) is 12.7 Å². The van der Waals surface area contributed by atoms with E-state index in [0.717, 1.165) is 0 Å². The monoisotopic (exact) mass is 381 g/mol. The fourth-order valence-electron chi connectivity index (χ4n) is 1.45. The summed E-state index contributed by atoms with van der Waals surface area (Å²) in [4.78, 5) is 21.0. The van der Waals surface area contributed by atoms with Gasteiger partial charge in [-0.05, 0) is 18.4 Å². The van der Waals surface area contributed by atoms with E-state index in [1.165, 1.54) is 6.92 Å². The van der Waals surface area contributed by atoms with Crippen LogP contribution >= 0.6 is 36.8 Å². The number of halogens is 1. The maximum Gasteiger partial charge on any atom is 0.320 e. The Morgan fingerprint density at radius 3 is 2.41 bits per heavy atom. The number of hydrogen-bond acceptors (Lipinski definition) is 6. The second-order valence-corrected chi connectivity index (χ2v) is 7.09. The van der Waals surface area contributed by atoms with Crippen LogP contribution in [0.15, 0.2) is 0 Å². The van der Waals surface area contributed by atoms with Crippen molar-refractivity contribution in [1.29, 1.82) is 0 Å². The molecule has 4 N–H and O–H groups in total. The average molecular weight is 382 g/mol. The molecule has 3 atom stereocenters. The number of carboxylic acid groups (broad SMARTS) is 1. The van der Waals surface area contributed by atoms with E-state index in [0.29, 0.717) is 17.9 Å². The summed E-state index contributed by atoms with van der Waals surface area (Å²) in [5, 5.41) is 18.4. The number of carboxylic acids is 1. The maximum absolute atomic E-state index is 10.6. The van der Waals surface area contributed by atoms with Gasteiger partial charge in [0.1, 0.15) is 12.6 Å². The Morgan fingerprint density at radius 1 is 1.32 bits per heavy atom. The van der Waals surface area contributed by atoms with Gasteiger partial charge < -0.3 is 25.4 Å². The van der Waals surface area contributed by atoms with Crippen LogP contribution in [0.2, 0.25) is 0 Å². The minimum absolute atomic E-state index is 0. The smallest absolute Gasteiger partial charge is 0.320 e. The summed E-state index contributed by atoms with van der Waals surface area (Å²) in [5.41, 5.74) is 5.42. The molecule has 0 spiro atoms. The third-order valence-electron chi connectivity index (χ3n) is 2.50. The average Bonchev–Trinajstić information content (AvgIpc) is 2.34. The molecule has 0 heterocycles. The summed E-state index contributed by atoms with van der Waals surface area (Å²) >= 11 is 0. The van der Waals surface area contributed by atoms with Crippen LogP contribution in [0.1, 0.15) is 13.3 Å². The van der Waals surface area contributed by atoms with Crippen molar-refractivity contribution < 1.29 is 29.3 Å². The first kappa shape index (κ1) is 26.7. The molecule has 0 aromatic heterocycles. The molecule has 2 unspecified atom stereocenters. The molecule has 7 nitrogen and oxygen atoms in total. The summed E-state index contributed by atoms with van der Waals surface area (Å²) < 4.78 is 9.86. The van der Waals surface area contributed by atoms with Crippen molar-refractivity contribution in [3.63, 3.8) is 0 Å². The van der Waals surface area contributed by atoms with E-state index in [-0.39, 0.29) is 51.7 Å². The Labute approximate surface area is 147 Å². The zero-order chi connectivity index (χ0) is 15.5. The summed E-state index contributed by atoms with van der Waals surface area (Å²) in [6.45, 7) is 1.93. The van der Waals surface area contributed by atoms with Crippen LogP contribution in [0.25, 0.3) is 0 Å². The first-order chi connectivity index (χ1) is 9.32. The molecule has 0 aromatic rings. The van der Waals surface area contributed by atoms with E-state index in [2.05, 4.69) is 4.74 Å². The number of nitrogens with two attached hydrogens (primary N) is 1. The number of ether oxygens (including phenoxy) is 2. The molecule has 22 heavy (non-hydrogen) atoms. The minimum Gasteiger partial charge on any atom is -0.480 e. The molecule has 0 amide bonds. The lowest BCUT2D eigenvalue weighted by molar-refractivity contribution is -0.142. The van der Waals surface area contributed by atoms with Crippen LogP contribution in [-0.4, -0.2) is 71.9 Å². The molecule has 0 bridgehead atoms. The Kier molecular flexibility index (Phi) is 19.0. The van der Waals surface area contributed by atoms with Gasteiger partial charge in [-0.25, -0.2) is 0 Å². The number of aliphatic carboxylic acids is 1. The molecule has 0 saturated heterocycles. The van der Waals surface area contributed by atoms with Crippen LogP contribution in [0.3, 0.4) is 0 Å². The molecule has 0 radical (unpaired) electrons. The van der Waals surface area contributed by atoms with Crippen LogP contribution in [0.5, 0.6) is 0 Å². The number of hydrogen-bond donors (Lipinski definition) is 4. The van der Waals surface area contributed by atoms with Gasteiger partial charge in [0.05, 0.1) is 19.3 Å². The van der Waals surface area contributed by atoms with Crippen molar-refractivity contribution in [3.8, 4) is 0 Å². The quantitative estimate of drug-likeness (QED) is 0.224. The lowest BCUT2D eigenvalue weighted by atomic mass is 10.2. The van der Waals surface area contributed by atoms with Gasteiger partial charge in [-0.15, -0.1) is 12.4 Å². The lowest BCUT2D eigenvalue weighted by Gasteiger charge is -2.20. The SMILES string of the molecule is CC(=O)OCCOCC(O)C[SH](C)CC[C@H](N)C(=O)O.Cl.S. The molecule has 0 saturated carbocycles. The van der Waals surface area contributed by atoms with Crippen molar-refractivity contribution in [1.82, 2.24) is 0 Å². The Morgan fingerprint density at radius 2 is 1.91 bits per heavy atom. The molecule has 10 heteroatoms. The fourth-order valence-corrected chi connectivity index (χ4v) is 3.18. The Bertz CT molecular complexity index is 311. The molecule has 0 aromatic carbocycles. The molecule has 0 rings (SSSR count). The normalized spacial score (nSPS) is 14.8. The van der Waals surface area contributed by atoms with Crippen molar-refractivity contribution in [2.45, 2.75) is 25.5 Å². The summed E-state index contributed by atoms with van der Waals surface area (Å²) in [6, 6.07) is -0.836. The molecule has 0 aliphatic rings. The number of carbonyl (C=O) groups is 2. The van der Waals surface area contributed by atoms with E-state index >= 15 is 0 Å². The number of aliphatic hydroxyl groups is 1. The maximum atomic E-state index is 10.6. The fraction of sp³-hybridized carbons (Fsp3) is 0.833. The van der Waals surface area contributed by atoms with E-state index < -0.39 is 29.0 Å². The van der Waals surface area contributed by atoms with Gasteiger partial charge in [0.25, 0.3) is 0 Å². The van der Waals surface area contributed by atoms with Gasteiger partial charge in [0.2, 0.25) is 0 Å². The van der Waals surface area contributed by atoms with Crippen molar-refractivity contribution >= 4 is 48.7 Å². The third-order valence-corrected chi connectivity index (χ3v) is 4.57. The van der Waals surface area contributed by atoms with Crippen molar-refractivity contribution in [2.75, 3.05) is 37.6 Å². The topological polar surface area (TPSA) is 119 Å². The lowest BCUT2D eigenvalue weighted by Crippen LogP contribution is -2.31. The number of rotatable bonds is 11. The van der Waals surface area contributed by atoms with Crippen molar-refractivity contribution in [2.24, 2.45) is 5.73 Å². The number of carbonyl (C=O) groups excluding carboxylic acids is 1. The summed E-state index contributed by atoms with van der Waals surface area (Å²) in [6.07, 6.45) is 1.81. The summed E-state index contributed by atoms with van der Waals surface area (Å²) in [5.74, 6) is -0.0773. The molecule has 0 aliphatic carbocycles. The van der Waals surface area contributed by atoms with Crippen LogP contribution in [0.4, 0.5) is 0 Å². The predicted molar refractivity (Wildman–Crippen MR) is 96.0 cm³/mol. The highest BCUT2D eigenvalue weighted by molar-refractivity contribution is 8.16. The van der Waals surface area contributed by atoms with E-state index in [1.54, 1.807) is 0 Å². The highest BCUT2D eigenvalue weighted by Crippen LogP contribution is 2.22. The Hall–Kier alpha value is -0.190. The van der Waals surface area contributed by atoms with Gasteiger partial charge in [0.15, 0.2) is 0 Å².